The molecule has 1 aromatic carbocycles. The Bertz CT molecular complexity index is 754. The highest BCUT2D eigenvalue weighted by Gasteiger charge is 2.34. The van der Waals surface area contributed by atoms with Crippen molar-refractivity contribution in [3.05, 3.63) is 54.1 Å². The molecule has 0 saturated carbocycles. The Labute approximate surface area is 146 Å². The number of para-hydroxylation sites is 1. The zero-order valence-electron chi connectivity index (χ0n) is 12.7. The summed E-state index contributed by atoms with van der Waals surface area (Å²) in [5.74, 6) is 0. The maximum absolute atomic E-state index is 12.9. The van der Waals surface area contributed by atoms with Gasteiger partial charge in [0, 0.05) is 18.0 Å². The van der Waals surface area contributed by atoms with Crippen LogP contribution in [0.2, 0.25) is 0 Å². The van der Waals surface area contributed by atoms with Crippen LogP contribution in [0.5, 0.6) is 0 Å². The molecular weight excluding hydrogens is 357 g/mol. The number of hydrogen-bond donors (Lipinski definition) is 0. The molecule has 1 heterocycles. The smallest absolute Gasteiger partial charge is 0.253 e. The van der Waals surface area contributed by atoms with Crippen LogP contribution >= 0.6 is 23.2 Å². The second kappa shape index (κ2) is 7.47. The van der Waals surface area contributed by atoms with Gasteiger partial charge >= 0.3 is 0 Å². The summed E-state index contributed by atoms with van der Waals surface area (Å²) in [5, 5.41) is -0.736. The van der Waals surface area contributed by atoms with Crippen molar-refractivity contribution in [1.29, 1.82) is 0 Å². The molecule has 2 unspecified atom stereocenters. The first-order valence-corrected chi connectivity index (χ1v) is 9.31. The molecule has 0 saturated heterocycles. The number of aryl methyl sites for hydroxylation is 1. The Morgan fingerprint density at radius 3 is 2.35 bits per heavy atom. The highest BCUT2D eigenvalue weighted by Crippen LogP contribution is 2.29. The molecule has 8 heteroatoms. The van der Waals surface area contributed by atoms with Gasteiger partial charge in [-0.15, -0.1) is 23.2 Å². The minimum absolute atomic E-state index is 0.0842. The van der Waals surface area contributed by atoms with Crippen LogP contribution < -0.4 is 4.31 Å². The van der Waals surface area contributed by atoms with E-state index >= 15 is 0 Å². The average Bonchev–Trinajstić information content (AvgIpc) is 2.53. The van der Waals surface area contributed by atoms with E-state index in [2.05, 4.69) is 9.97 Å². The molecule has 0 aliphatic carbocycles. The summed E-state index contributed by atoms with van der Waals surface area (Å²) in [6, 6.07) is 7.20. The molecular formula is C15H17Cl2N3O2S. The van der Waals surface area contributed by atoms with Crippen LogP contribution in [0.25, 0.3) is 0 Å². The van der Waals surface area contributed by atoms with Crippen LogP contribution in [0.15, 0.2) is 43.0 Å². The van der Waals surface area contributed by atoms with Crippen molar-refractivity contribution < 1.29 is 8.42 Å². The molecule has 1 aromatic heterocycles. The Kier molecular flexibility index (Phi) is 5.84. The van der Waals surface area contributed by atoms with Crippen LogP contribution in [0, 0.1) is 6.92 Å². The van der Waals surface area contributed by atoms with Gasteiger partial charge in [0.05, 0.1) is 17.6 Å². The van der Waals surface area contributed by atoms with Crippen LogP contribution in [0.4, 0.5) is 5.69 Å². The van der Waals surface area contributed by atoms with Crippen LogP contribution in [-0.4, -0.2) is 28.5 Å². The van der Waals surface area contributed by atoms with E-state index < -0.39 is 20.1 Å². The molecule has 0 spiro atoms. The minimum atomic E-state index is -3.86. The first kappa shape index (κ1) is 18.0. The number of benzene rings is 1. The van der Waals surface area contributed by atoms with Crippen molar-refractivity contribution in [3.8, 4) is 0 Å². The van der Waals surface area contributed by atoms with Gasteiger partial charge in [-0.25, -0.2) is 18.4 Å². The monoisotopic (exact) mass is 373 g/mol. The van der Waals surface area contributed by atoms with Gasteiger partial charge < -0.3 is 0 Å². The predicted molar refractivity (Wildman–Crippen MR) is 93.3 cm³/mol. The molecule has 124 valence electrons. The fourth-order valence-corrected chi connectivity index (χ4v) is 4.30. The van der Waals surface area contributed by atoms with Crippen LogP contribution in [0.3, 0.4) is 0 Å². The molecule has 0 aliphatic heterocycles. The van der Waals surface area contributed by atoms with E-state index in [0.29, 0.717) is 11.3 Å². The van der Waals surface area contributed by atoms with E-state index in [4.69, 9.17) is 23.2 Å². The van der Waals surface area contributed by atoms with E-state index in [9.17, 15) is 8.42 Å². The van der Waals surface area contributed by atoms with Gasteiger partial charge in [0.2, 0.25) is 0 Å². The molecule has 0 bridgehead atoms. The largest absolute Gasteiger partial charge is 0.264 e. The lowest BCUT2D eigenvalue weighted by Crippen LogP contribution is -2.39. The standard InChI is InChI=1S/C15H17Cl2N3O2S/c1-11-5-3-4-6-14(11)20(9-13-7-18-10-19-8-13)23(21,22)15(17)12(2)16/h3-8,10,12,15H,9H2,1-2H3. The number of anilines is 1. The lowest BCUT2D eigenvalue weighted by molar-refractivity contribution is 0.585. The maximum Gasteiger partial charge on any atom is 0.253 e. The molecule has 0 N–H and O–H groups in total. The number of aromatic nitrogens is 2. The topological polar surface area (TPSA) is 63.2 Å². The van der Waals surface area contributed by atoms with E-state index in [0.717, 1.165) is 5.56 Å². The van der Waals surface area contributed by atoms with E-state index in [-0.39, 0.29) is 6.54 Å². The fourth-order valence-electron chi connectivity index (χ4n) is 2.09. The van der Waals surface area contributed by atoms with E-state index in [1.807, 2.05) is 19.1 Å². The van der Waals surface area contributed by atoms with Gasteiger partial charge in [-0.2, -0.15) is 0 Å². The van der Waals surface area contributed by atoms with Gasteiger partial charge in [-0.1, -0.05) is 18.2 Å². The number of rotatable bonds is 6. The molecule has 2 aromatic rings. The molecule has 23 heavy (non-hydrogen) atoms. The maximum atomic E-state index is 12.9. The molecule has 2 rings (SSSR count). The Hall–Kier alpha value is -1.37. The molecule has 0 aliphatic rings. The van der Waals surface area contributed by atoms with Gasteiger partial charge in [-0.05, 0) is 25.5 Å². The number of halogens is 2. The average molecular weight is 374 g/mol. The summed E-state index contributed by atoms with van der Waals surface area (Å²) in [7, 11) is -3.86. The summed E-state index contributed by atoms with van der Waals surface area (Å²) in [5.41, 5.74) is 2.03. The number of sulfonamides is 1. The zero-order chi connectivity index (χ0) is 17.0. The Balaban J connectivity index is 2.50. The normalized spacial score (nSPS) is 14.3. The number of alkyl halides is 2. The summed E-state index contributed by atoms with van der Waals surface area (Å²) < 4.78 is 25.8. The molecule has 0 fully saturated rings. The summed E-state index contributed by atoms with van der Waals surface area (Å²) in [4.78, 5) is 7.85. The predicted octanol–water partition coefficient (Wildman–Crippen LogP) is 3.31. The van der Waals surface area contributed by atoms with E-state index in [1.165, 1.54) is 10.6 Å². The zero-order valence-corrected chi connectivity index (χ0v) is 15.1. The molecule has 5 nitrogen and oxygen atoms in total. The lowest BCUT2D eigenvalue weighted by atomic mass is 10.2. The first-order valence-electron chi connectivity index (χ1n) is 6.93. The number of hydrogen-bond acceptors (Lipinski definition) is 4. The lowest BCUT2D eigenvalue weighted by Gasteiger charge is -2.28. The second-order valence-corrected chi connectivity index (χ2v) is 8.51. The second-order valence-electron chi connectivity index (χ2n) is 5.11. The third-order valence-electron chi connectivity index (χ3n) is 3.28. The number of nitrogens with zero attached hydrogens (tertiary/aromatic N) is 3. The minimum Gasteiger partial charge on any atom is -0.264 e. The van der Waals surface area contributed by atoms with Crippen LogP contribution in [0.1, 0.15) is 18.1 Å². The van der Waals surface area contributed by atoms with Crippen molar-refractivity contribution in [1.82, 2.24) is 9.97 Å². The third-order valence-corrected chi connectivity index (χ3v) is 6.78. The molecule has 0 amide bonds. The summed E-state index contributed by atoms with van der Waals surface area (Å²) >= 11 is 12.0. The van der Waals surface area contributed by atoms with Crippen molar-refractivity contribution in [2.24, 2.45) is 0 Å². The van der Waals surface area contributed by atoms with Crippen molar-refractivity contribution in [3.63, 3.8) is 0 Å². The summed E-state index contributed by atoms with van der Waals surface area (Å²) in [6.45, 7) is 3.48. The highest BCUT2D eigenvalue weighted by atomic mass is 35.5. The van der Waals surface area contributed by atoms with Crippen molar-refractivity contribution >= 4 is 38.9 Å². The van der Waals surface area contributed by atoms with Gasteiger partial charge in [-0.3, -0.25) is 4.31 Å². The fraction of sp³-hybridized carbons (Fsp3) is 0.333. The van der Waals surface area contributed by atoms with Gasteiger partial charge in [0.25, 0.3) is 10.0 Å². The van der Waals surface area contributed by atoms with Gasteiger partial charge in [0.15, 0.2) is 4.71 Å². The van der Waals surface area contributed by atoms with Crippen molar-refractivity contribution in [2.75, 3.05) is 4.31 Å². The highest BCUT2D eigenvalue weighted by molar-refractivity contribution is 7.94. The summed E-state index contributed by atoms with van der Waals surface area (Å²) in [6.07, 6.45) is 4.53. The first-order chi connectivity index (χ1) is 10.8. The molecule has 0 radical (unpaired) electrons. The van der Waals surface area contributed by atoms with Crippen LogP contribution in [-0.2, 0) is 16.6 Å². The Morgan fingerprint density at radius 2 is 1.78 bits per heavy atom. The molecule has 2 atom stereocenters. The van der Waals surface area contributed by atoms with E-state index in [1.54, 1.807) is 31.5 Å². The third kappa shape index (κ3) is 4.13. The quantitative estimate of drug-likeness (QED) is 0.728. The SMILES string of the molecule is Cc1ccccc1N(Cc1cncnc1)S(=O)(=O)C(Cl)C(C)Cl. The van der Waals surface area contributed by atoms with Gasteiger partial charge in [0.1, 0.15) is 6.33 Å². The van der Waals surface area contributed by atoms with Crippen molar-refractivity contribution in [2.45, 2.75) is 30.5 Å². The Morgan fingerprint density at radius 1 is 1.17 bits per heavy atom.